The molecular formula is C6H12O2. The molecule has 1 aliphatic heterocycles. The van der Waals surface area contributed by atoms with E-state index >= 15 is 0 Å². The Morgan fingerprint density at radius 2 is 2.12 bits per heavy atom. The zero-order valence-electron chi connectivity index (χ0n) is 5.51. The van der Waals surface area contributed by atoms with Crippen molar-refractivity contribution in [3.63, 3.8) is 0 Å². The molecule has 1 saturated heterocycles. The molecule has 8 heavy (non-hydrogen) atoms. The van der Waals surface area contributed by atoms with Gasteiger partial charge in [0.15, 0.2) is 0 Å². The van der Waals surface area contributed by atoms with E-state index in [0.717, 1.165) is 0 Å². The molecule has 0 amide bonds. The Labute approximate surface area is 49.5 Å². The van der Waals surface area contributed by atoms with Crippen molar-refractivity contribution in [2.24, 2.45) is 0 Å². The monoisotopic (exact) mass is 116 g/mol. The Balaban J connectivity index is 2.47. The van der Waals surface area contributed by atoms with Crippen LogP contribution in [0.4, 0.5) is 0 Å². The van der Waals surface area contributed by atoms with Crippen LogP contribution < -0.4 is 0 Å². The molecule has 1 aliphatic rings. The predicted molar refractivity (Wildman–Crippen MR) is 30.6 cm³/mol. The van der Waals surface area contributed by atoms with Crippen LogP contribution in [-0.2, 0) is 4.74 Å². The molecule has 0 radical (unpaired) electrons. The molecule has 1 rings (SSSR count). The predicted octanol–water partition coefficient (Wildman–Crippen LogP) is 0.545. The molecule has 0 aliphatic carbocycles. The second kappa shape index (κ2) is 1.45. The number of epoxide rings is 1. The normalized spacial score (nSPS) is 48.8. The molecule has 0 aromatic heterocycles. The van der Waals surface area contributed by atoms with Gasteiger partial charge in [0.1, 0.15) is 5.60 Å². The van der Waals surface area contributed by atoms with Crippen LogP contribution >= 0.6 is 0 Å². The maximum atomic E-state index is 9.00. The van der Waals surface area contributed by atoms with E-state index in [1.54, 1.807) is 6.92 Å². The van der Waals surface area contributed by atoms with Gasteiger partial charge in [-0.15, -0.1) is 0 Å². The Kier molecular flexibility index (Phi) is 1.10. The fraction of sp³-hybridized carbons (Fsp3) is 1.00. The lowest BCUT2D eigenvalue weighted by atomic mass is 10.0. The lowest BCUT2D eigenvalue weighted by Gasteiger charge is -2.06. The van der Waals surface area contributed by atoms with Gasteiger partial charge in [-0.2, -0.15) is 0 Å². The first kappa shape index (κ1) is 6.05. The van der Waals surface area contributed by atoms with Gasteiger partial charge in [-0.1, -0.05) is 0 Å². The lowest BCUT2D eigenvalue weighted by molar-refractivity contribution is 0.101. The maximum Gasteiger partial charge on any atom is 0.117 e. The Hall–Kier alpha value is -0.0800. The average molecular weight is 116 g/mol. The first-order chi connectivity index (χ1) is 3.57. The molecule has 1 fully saturated rings. The summed E-state index contributed by atoms with van der Waals surface area (Å²) in [7, 11) is 0. The summed E-state index contributed by atoms with van der Waals surface area (Å²) >= 11 is 0. The van der Waals surface area contributed by atoms with Gasteiger partial charge in [0.2, 0.25) is 0 Å². The summed E-state index contributed by atoms with van der Waals surface area (Å²) in [5.41, 5.74) is -0.236. The third-order valence-corrected chi connectivity index (χ3v) is 2.01. The van der Waals surface area contributed by atoms with E-state index < -0.39 is 0 Å². The standard InChI is InChI=1S/C6H12O2/c1-4(7)6(3)5(2)8-6/h4-5,7H,1-3H3/t4-,5?,6?/m0/s1. The van der Waals surface area contributed by atoms with Gasteiger partial charge in [0.05, 0.1) is 12.2 Å². The minimum Gasteiger partial charge on any atom is -0.390 e. The van der Waals surface area contributed by atoms with Gasteiger partial charge in [-0.05, 0) is 20.8 Å². The SMILES string of the molecule is CC1OC1(C)[C@H](C)O. The van der Waals surface area contributed by atoms with Crippen molar-refractivity contribution in [1.82, 2.24) is 0 Å². The summed E-state index contributed by atoms with van der Waals surface area (Å²) < 4.78 is 5.12. The summed E-state index contributed by atoms with van der Waals surface area (Å²) in [6.07, 6.45) is -0.0972. The van der Waals surface area contributed by atoms with Crippen molar-refractivity contribution >= 4 is 0 Å². The second-order valence-corrected chi connectivity index (χ2v) is 2.62. The number of aliphatic hydroxyl groups excluding tert-OH is 1. The van der Waals surface area contributed by atoms with E-state index in [2.05, 4.69) is 0 Å². The van der Waals surface area contributed by atoms with Gasteiger partial charge in [-0.25, -0.2) is 0 Å². The zero-order valence-corrected chi connectivity index (χ0v) is 5.51. The van der Waals surface area contributed by atoms with E-state index in [1.807, 2.05) is 13.8 Å². The summed E-state index contributed by atoms with van der Waals surface area (Å²) in [5.74, 6) is 0. The molecule has 2 nitrogen and oxygen atoms in total. The number of hydrogen-bond donors (Lipinski definition) is 1. The van der Waals surface area contributed by atoms with Crippen LogP contribution in [0.25, 0.3) is 0 Å². The van der Waals surface area contributed by atoms with Crippen molar-refractivity contribution in [3.8, 4) is 0 Å². The minimum absolute atomic E-state index is 0.236. The number of aliphatic hydroxyl groups is 1. The van der Waals surface area contributed by atoms with Gasteiger partial charge in [0, 0.05) is 0 Å². The van der Waals surface area contributed by atoms with Crippen molar-refractivity contribution in [3.05, 3.63) is 0 Å². The molecular weight excluding hydrogens is 104 g/mol. The fourth-order valence-electron chi connectivity index (χ4n) is 0.785. The third kappa shape index (κ3) is 0.644. The Bertz CT molecular complexity index is 101. The van der Waals surface area contributed by atoms with Crippen molar-refractivity contribution < 1.29 is 9.84 Å². The van der Waals surface area contributed by atoms with Gasteiger partial charge < -0.3 is 9.84 Å². The van der Waals surface area contributed by atoms with Gasteiger partial charge in [-0.3, -0.25) is 0 Å². The molecule has 1 heterocycles. The molecule has 0 bridgehead atoms. The van der Waals surface area contributed by atoms with E-state index in [4.69, 9.17) is 9.84 Å². The maximum absolute atomic E-state index is 9.00. The highest BCUT2D eigenvalue weighted by Crippen LogP contribution is 2.38. The van der Waals surface area contributed by atoms with Crippen molar-refractivity contribution in [2.75, 3.05) is 0 Å². The molecule has 1 N–H and O–H groups in total. The molecule has 2 unspecified atom stereocenters. The average Bonchev–Trinajstić information content (AvgIpc) is 2.17. The van der Waals surface area contributed by atoms with Crippen LogP contribution in [0.1, 0.15) is 20.8 Å². The van der Waals surface area contributed by atoms with Crippen molar-refractivity contribution in [2.45, 2.75) is 38.6 Å². The topological polar surface area (TPSA) is 32.8 Å². The van der Waals surface area contributed by atoms with Crippen LogP contribution in [0.5, 0.6) is 0 Å². The number of rotatable bonds is 1. The third-order valence-electron chi connectivity index (χ3n) is 2.01. The molecule has 3 atom stereocenters. The largest absolute Gasteiger partial charge is 0.390 e. The number of hydrogen-bond acceptors (Lipinski definition) is 2. The Morgan fingerprint density at radius 1 is 1.75 bits per heavy atom. The smallest absolute Gasteiger partial charge is 0.117 e. The minimum atomic E-state index is -0.336. The van der Waals surface area contributed by atoms with Crippen molar-refractivity contribution in [1.29, 1.82) is 0 Å². The summed E-state index contributed by atoms with van der Waals surface area (Å²) in [5, 5.41) is 9.00. The molecule has 0 saturated carbocycles. The quantitative estimate of drug-likeness (QED) is 0.507. The van der Waals surface area contributed by atoms with Gasteiger partial charge in [0.25, 0.3) is 0 Å². The van der Waals surface area contributed by atoms with E-state index in [0.29, 0.717) is 0 Å². The van der Waals surface area contributed by atoms with Crippen LogP contribution in [0.3, 0.4) is 0 Å². The molecule has 0 aromatic carbocycles. The molecule has 48 valence electrons. The molecule has 0 spiro atoms. The Morgan fingerprint density at radius 3 is 2.12 bits per heavy atom. The first-order valence-electron chi connectivity index (χ1n) is 2.93. The highest BCUT2D eigenvalue weighted by atomic mass is 16.6. The van der Waals surface area contributed by atoms with Crippen LogP contribution in [0, 0.1) is 0 Å². The van der Waals surface area contributed by atoms with E-state index in [1.165, 1.54) is 0 Å². The number of ether oxygens (including phenoxy) is 1. The van der Waals surface area contributed by atoms with Crippen LogP contribution in [0.2, 0.25) is 0 Å². The van der Waals surface area contributed by atoms with Crippen LogP contribution in [-0.4, -0.2) is 22.9 Å². The highest BCUT2D eigenvalue weighted by molar-refractivity contribution is 4.99. The summed E-state index contributed by atoms with van der Waals surface area (Å²) in [6, 6.07) is 0. The molecule has 0 aromatic rings. The van der Waals surface area contributed by atoms with E-state index in [9.17, 15) is 0 Å². The second-order valence-electron chi connectivity index (χ2n) is 2.62. The first-order valence-corrected chi connectivity index (χ1v) is 2.93. The zero-order chi connectivity index (χ0) is 6.36. The summed E-state index contributed by atoms with van der Waals surface area (Å²) in [4.78, 5) is 0. The highest BCUT2D eigenvalue weighted by Gasteiger charge is 2.52. The summed E-state index contributed by atoms with van der Waals surface area (Å²) in [6.45, 7) is 5.64. The van der Waals surface area contributed by atoms with E-state index in [-0.39, 0.29) is 17.8 Å². The fourth-order valence-corrected chi connectivity index (χ4v) is 0.785. The van der Waals surface area contributed by atoms with Crippen LogP contribution in [0.15, 0.2) is 0 Å². The molecule has 2 heteroatoms. The van der Waals surface area contributed by atoms with Gasteiger partial charge >= 0.3 is 0 Å². The lowest BCUT2D eigenvalue weighted by Crippen LogP contribution is -2.24.